The number of piperidine rings is 1. The quantitative estimate of drug-likeness (QED) is 0.746. The molecular formula is C22H38ClN3O2. The zero-order valence-electron chi connectivity index (χ0n) is 17.2. The van der Waals surface area contributed by atoms with Crippen molar-refractivity contribution in [3.8, 4) is 0 Å². The van der Waals surface area contributed by atoms with Gasteiger partial charge in [-0.2, -0.15) is 0 Å². The van der Waals surface area contributed by atoms with Gasteiger partial charge in [-0.1, -0.05) is 12.8 Å². The van der Waals surface area contributed by atoms with Crippen LogP contribution in [0, 0.1) is 17.3 Å². The zero-order valence-corrected chi connectivity index (χ0v) is 18.0. The lowest BCUT2D eigenvalue weighted by Crippen LogP contribution is -2.47. The Balaban J connectivity index is 0.00000225. The lowest BCUT2D eigenvalue weighted by atomic mass is 9.77. The Labute approximate surface area is 176 Å². The second-order valence-corrected chi connectivity index (χ2v) is 9.72. The van der Waals surface area contributed by atoms with E-state index >= 15 is 0 Å². The van der Waals surface area contributed by atoms with E-state index in [2.05, 4.69) is 15.5 Å². The maximum Gasteiger partial charge on any atom is 0.225 e. The zero-order chi connectivity index (χ0) is 18.7. The van der Waals surface area contributed by atoms with E-state index in [1.807, 2.05) is 0 Å². The maximum absolute atomic E-state index is 12.9. The average molecular weight is 412 g/mol. The average Bonchev–Trinajstić information content (AvgIpc) is 3.35. The lowest BCUT2D eigenvalue weighted by molar-refractivity contribution is -0.139. The van der Waals surface area contributed by atoms with Crippen molar-refractivity contribution in [3.63, 3.8) is 0 Å². The first-order chi connectivity index (χ1) is 13.1. The molecule has 0 unspecified atom stereocenters. The van der Waals surface area contributed by atoms with E-state index in [1.165, 1.54) is 32.1 Å². The fourth-order valence-corrected chi connectivity index (χ4v) is 5.93. The summed E-state index contributed by atoms with van der Waals surface area (Å²) in [5.41, 5.74) is 0.470. The summed E-state index contributed by atoms with van der Waals surface area (Å²) in [5.74, 6) is 1.42. The van der Waals surface area contributed by atoms with Crippen LogP contribution in [-0.2, 0) is 9.59 Å². The van der Waals surface area contributed by atoms with Crippen LogP contribution in [-0.4, -0.2) is 48.9 Å². The smallest absolute Gasteiger partial charge is 0.225 e. The molecule has 2 N–H and O–H groups in total. The second-order valence-electron chi connectivity index (χ2n) is 9.72. The van der Waals surface area contributed by atoms with E-state index in [1.54, 1.807) is 0 Å². The first-order valence-corrected chi connectivity index (χ1v) is 11.4. The molecule has 0 atom stereocenters. The molecule has 28 heavy (non-hydrogen) atoms. The van der Waals surface area contributed by atoms with Crippen molar-refractivity contribution in [2.75, 3.05) is 26.2 Å². The number of amides is 2. The Kier molecular flexibility index (Phi) is 7.66. The van der Waals surface area contributed by atoms with Crippen LogP contribution < -0.4 is 10.6 Å². The Morgan fingerprint density at radius 2 is 1.64 bits per heavy atom. The normalized spacial score (nSPS) is 30.2. The molecule has 2 saturated carbocycles. The highest BCUT2D eigenvalue weighted by atomic mass is 35.5. The number of nitrogens with one attached hydrogen (secondary N) is 2. The van der Waals surface area contributed by atoms with Gasteiger partial charge < -0.3 is 15.5 Å². The lowest BCUT2D eigenvalue weighted by Gasteiger charge is -2.41. The van der Waals surface area contributed by atoms with Gasteiger partial charge in [0, 0.05) is 38.0 Å². The maximum atomic E-state index is 12.9. The summed E-state index contributed by atoms with van der Waals surface area (Å²) in [6.45, 7) is 4.17. The van der Waals surface area contributed by atoms with Crippen LogP contribution in [0.3, 0.4) is 0 Å². The van der Waals surface area contributed by atoms with Crippen molar-refractivity contribution in [1.82, 2.24) is 15.5 Å². The van der Waals surface area contributed by atoms with Crippen molar-refractivity contribution < 1.29 is 9.59 Å². The Morgan fingerprint density at radius 3 is 2.25 bits per heavy atom. The fourth-order valence-electron chi connectivity index (χ4n) is 5.93. The van der Waals surface area contributed by atoms with E-state index in [-0.39, 0.29) is 30.3 Å². The molecule has 2 aliphatic carbocycles. The van der Waals surface area contributed by atoms with Crippen LogP contribution in [0.15, 0.2) is 0 Å². The number of hydrogen-bond donors (Lipinski definition) is 2. The van der Waals surface area contributed by atoms with Crippen LogP contribution in [0.4, 0.5) is 0 Å². The number of nitrogens with zero attached hydrogens (tertiary/aromatic N) is 1. The predicted octanol–water partition coefficient (Wildman–Crippen LogP) is 3.27. The molecule has 4 aliphatic rings. The summed E-state index contributed by atoms with van der Waals surface area (Å²) < 4.78 is 0. The number of rotatable bonds is 4. The summed E-state index contributed by atoms with van der Waals surface area (Å²) in [7, 11) is 0. The Hall–Kier alpha value is -0.810. The minimum absolute atomic E-state index is 0. The monoisotopic (exact) mass is 411 g/mol. The van der Waals surface area contributed by atoms with Gasteiger partial charge in [0.15, 0.2) is 0 Å². The topological polar surface area (TPSA) is 61.4 Å². The molecule has 2 saturated heterocycles. The highest BCUT2D eigenvalue weighted by Crippen LogP contribution is 2.38. The minimum atomic E-state index is 0. The van der Waals surface area contributed by atoms with Crippen LogP contribution in [0.1, 0.15) is 77.0 Å². The molecular weight excluding hydrogens is 374 g/mol. The summed E-state index contributed by atoms with van der Waals surface area (Å²) >= 11 is 0. The molecule has 160 valence electrons. The molecule has 2 amide bonds. The highest BCUT2D eigenvalue weighted by Gasteiger charge is 2.39. The molecule has 0 aromatic carbocycles. The van der Waals surface area contributed by atoms with Crippen LogP contribution in [0.5, 0.6) is 0 Å². The number of halogens is 1. The first-order valence-electron chi connectivity index (χ1n) is 11.4. The third-order valence-electron chi connectivity index (χ3n) is 7.86. The summed E-state index contributed by atoms with van der Waals surface area (Å²) in [6.07, 6.45) is 13.2. The standard InChI is InChI=1S/C22H37N3O2.ClH/c26-20(15-17-3-1-2-4-17)24-19-7-5-18(6-8-19)21(27)25-13-10-22(11-14-25)9-12-23-16-22;/h17-19,23H,1-16H2,(H,24,26);1H. The molecule has 5 nitrogen and oxygen atoms in total. The molecule has 4 fully saturated rings. The molecule has 2 heterocycles. The van der Waals surface area contributed by atoms with Crippen LogP contribution >= 0.6 is 12.4 Å². The molecule has 1 spiro atoms. The van der Waals surface area contributed by atoms with E-state index in [4.69, 9.17) is 0 Å². The van der Waals surface area contributed by atoms with Gasteiger partial charge in [0.1, 0.15) is 0 Å². The van der Waals surface area contributed by atoms with Crippen molar-refractivity contribution in [2.24, 2.45) is 17.3 Å². The van der Waals surface area contributed by atoms with Gasteiger partial charge in [-0.05, 0) is 75.7 Å². The fraction of sp³-hybridized carbons (Fsp3) is 0.909. The summed E-state index contributed by atoms with van der Waals surface area (Å²) in [6, 6.07) is 0.289. The number of hydrogen-bond acceptors (Lipinski definition) is 3. The molecule has 0 aromatic rings. The molecule has 0 bridgehead atoms. The molecule has 0 aromatic heterocycles. The van der Waals surface area contributed by atoms with Gasteiger partial charge in [-0.25, -0.2) is 0 Å². The van der Waals surface area contributed by atoms with E-state index in [9.17, 15) is 9.59 Å². The van der Waals surface area contributed by atoms with Crippen molar-refractivity contribution in [3.05, 3.63) is 0 Å². The number of carbonyl (C=O) groups excluding carboxylic acids is 2. The van der Waals surface area contributed by atoms with Crippen LogP contribution in [0.2, 0.25) is 0 Å². The predicted molar refractivity (Wildman–Crippen MR) is 113 cm³/mol. The minimum Gasteiger partial charge on any atom is -0.353 e. The molecule has 2 aliphatic heterocycles. The van der Waals surface area contributed by atoms with Gasteiger partial charge in [0.05, 0.1) is 0 Å². The van der Waals surface area contributed by atoms with Gasteiger partial charge in [-0.3, -0.25) is 9.59 Å². The van der Waals surface area contributed by atoms with Crippen molar-refractivity contribution >= 4 is 24.2 Å². The number of likely N-dealkylation sites (tertiary alicyclic amines) is 1. The third-order valence-corrected chi connectivity index (χ3v) is 7.86. The van der Waals surface area contributed by atoms with Crippen LogP contribution in [0.25, 0.3) is 0 Å². The van der Waals surface area contributed by atoms with E-state index < -0.39 is 0 Å². The summed E-state index contributed by atoms with van der Waals surface area (Å²) in [5, 5.41) is 6.74. The number of carbonyl (C=O) groups is 2. The van der Waals surface area contributed by atoms with Crippen molar-refractivity contribution in [2.45, 2.75) is 83.1 Å². The first kappa shape index (κ1) is 21.9. The van der Waals surface area contributed by atoms with Crippen molar-refractivity contribution in [1.29, 1.82) is 0 Å². The van der Waals surface area contributed by atoms with E-state index in [0.717, 1.165) is 64.7 Å². The van der Waals surface area contributed by atoms with E-state index in [0.29, 0.717) is 23.7 Å². The molecule has 6 heteroatoms. The van der Waals surface area contributed by atoms with Gasteiger partial charge >= 0.3 is 0 Å². The molecule has 0 radical (unpaired) electrons. The van der Waals surface area contributed by atoms with Gasteiger partial charge in [0.25, 0.3) is 0 Å². The largest absolute Gasteiger partial charge is 0.353 e. The Morgan fingerprint density at radius 1 is 0.964 bits per heavy atom. The van der Waals surface area contributed by atoms with Gasteiger partial charge in [0.2, 0.25) is 11.8 Å². The highest BCUT2D eigenvalue weighted by molar-refractivity contribution is 5.85. The Bertz CT molecular complexity index is 526. The molecule has 4 rings (SSSR count). The second kappa shape index (κ2) is 9.80. The third kappa shape index (κ3) is 5.21. The summed E-state index contributed by atoms with van der Waals surface area (Å²) in [4.78, 5) is 27.3. The van der Waals surface area contributed by atoms with Gasteiger partial charge in [-0.15, -0.1) is 12.4 Å². The SMILES string of the molecule is Cl.O=C(CC1CCCC1)NC1CCC(C(=O)N2CCC3(CCNC3)CC2)CC1.